The molecular formula is C15H12IO3P. The molecule has 2 aromatic carbocycles. The molecule has 2 aromatic rings. The van der Waals surface area contributed by atoms with Crippen LogP contribution >= 0.6 is 32.2 Å². The Hall–Kier alpha value is -1.13. The number of esters is 1. The van der Waals surface area contributed by atoms with Crippen molar-refractivity contribution in [1.29, 1.82) is 0 Å². The molecule has 0 spiro atoms. The molecule has 102 valence electrons. The molecule has 0 bridgehead atoms. The molecule has 5 heteroatoms. The van der Waals surface area contributed by atoms with E-state index in [0.717, 1.165) is 16.4 Å². The normalized spacial score (nSPS) is 17.3. The van der Waals surface area contributed by atoms with Crippen LogP contribution in [0.4, 0.5) is 0 Å². The Balaban J connectivity index is 2.15. The number of halogens is 1. The lowest BCUT2D eigenvalue weighted by Gasteiger charge is -2.26. The molecule has 2 atom stereocenters. The van der Waals surface area contributed by atoms with Crippen LogP contribution in [0.25, 0.3) is 0 Å². The van der Waals surface area contributed by atoms with Gasteiger partial charge < -0.3 is 7.80 Å². The Morgan fingerprint density at radius 1 is 1.25 bits per heavy atom. The fourth-order valence-electron chi connectivity index (χ4n) is 2.53. The lowest BCUT2D eigenvalue weighted by atomic mass is 9.86. The summed E-state index contributed by atoms with van der Waals surface area (Å²) in [6.45, 7) is 0. The molecule has 3 rings (SSSR count). The molecule has 0 saturated carbocycles. The Labute approximate surface area is 133 Å². The predicted octanol–water partition coefficient (Wildman–Crippen LogP) is 3.36. The van der Waals surface area contributed by atoms with Gasteiger partial charge in [-0.3, -0.25) is 4.79 Å². The van der Waals surface area contributed by atoms with Gasteiger partial charge in [-0.25, -0.2) is 0 Å². The van der Waals surface area contributed by atoms with Crippen LogP contribution in [0, 0.1) is 0 Å². The van der Waals surface area contributed by atoms with Crippen molar-refractivity contribution in [3.05, 3.63) is 53.6 Å². The molecule has 0 N–H and O–H groups in total. The summed E-state index contributed by atoms with van der Waals surface area (Å²) in [5.41, 5.74) is 2.16. The summed E-state index contributed by atoms with van der Waals surface area (Å²) in [6, 6.07) is 13.7. The van der Waals surface area contributed by atoms with Crippen molar-refractivity contribution in [2.75, 3.05) is 0 Å². The summed E-state index contributed by atoms with van der Waals surface area (Å²) in [4.78, 5) is 11.8. The lowest BCUT2D eigenvalue weighted by Crippen LogP contribution is -2.24. The molecule has 0 aromatic heterocycles. The molecule has 1 heterocycles. The van der Waals surface area contributed by atoms with E-state index < -0.39 is 0 Å². The maximum atomic E-state index is 11.8. The number of carbonyl (C=O) groups is 1. The van der Waals surface area contributed by atoms with Crippen molar-refractivity contribution in [2.24, 2.45) is 0 Å². The molecule has 0 fully saturated rings. The van der Waals surface area contributed by atoms with Crippen molar-refractivity contribution in [3.8, 4) is 11.5 Å². The third kappa shape index (κ3) is 2.54. The molecule has 0 radical (unpaired) electrons. The summed E-state index contributed by atoms with van der Waals surface area (Å²) in [5, 5.41) is 0.996. The first-order chi connectivity index (χ1) is 9.69. The van der Waals surface area contributed by atoms with Crippen LogP contribution in [-0.4, -0.2) is 5.97 Å². The molecule has 1 aliphatic heterocycles. The van der Waals surface area contributed by atoms with Crippen molar-refractivity contribution < 1.29 is 12.6 Å². The zero-order valence-electron chi connectivity index (χ0n) is 10.5. The van der Waals surface area contributed by atoms with Crippen LogP contribution in [0.2, 0.25) is 0 Å². The Bertz CT molecular complexity index is 658. The minimum Gasteiger partial charge on any atom is -0.428 e. The van der Waals surface area contributed by atoms with Gasteiger partial charge >= 0.3 is 5.97 Å². The molecule has 2 unspecified atom stereocenters. The van der Waals surface area contributed by atoms with E-state index in [1.165, 1.54) is 0 Å². The first-order valence-corrected chi connectivity index (χ1v) is 7.62. The Morgan fingerprint density at radius 3 is 2.70 bits per heavy atom. The highest BCUT2D eigenvalue weighted by atomic mass is 127. The standard InChI is InChI=1S/C15H12IO3P/c16-19-10-6-12-15(13(20)7-10)11(8-14(17)18-12)9-4-2-1-3-5-9/h1-7,11H,8,20H2. The van der Waals surface area contributed by atoms with E-state index in [4.69, 9.17) is 7.80 Å². The van der Waals surface area contributed by atoms with Crippen LogP contribution in [0.15, 0.2) is 42.5 Å². The smallest absolute Gasteiger partial charge is 0.312 e. The number of hydrogen-bond acceptors (Lipinski definition) is 3. The van der Waals surface area contributed by atoms with Crippen molar-refractivity contribution in [1.82, 2.24) is 0 Å². The molecule has 20 heavy (non-hydrogen) atoms. The minimum absolute atomic E-state index is 0.0308. The number of benzene rings is 2. The maximum Gasteiger partial charge on any atom is 0.312 e. The average molecular weight is 398 g/mol. The molecule has 0 aliphatic carbocycles. The summed E-state index contributed by atoms with van der Waals surface area (Å²) < 4.78 is 10.6. The SMILES string of the molecule is O=C1CC(c2ccccc2)c2c(P)cc(OI)cc2O1. The molecule has 0 saturated heterocycles. The van der Waals surface area contributed by atoms with Gasteiger partial charge in [-0.05, 0) is 16.9 Å². The van der Waals surface area contributed by atoms with Crippen LogP contribution in [-0.2, 0) is 4.79 Å². The van der Waals surface area contributed by atoms with Gasteiger partial charge in [-0.15, -0.1) is 9.24 Å². The van der Waals surface area contributed by atoms with Gasteiger partial charge in [0, 0.05) is 17.5 Å². The van der Waals surface area contributed by atoms with Gasteiger partial charge in [-0.1, -0.05) is 30.3 Å². The van der Waals surface area contributed by atoms with E-state index in [-0.39, 0.29) is 11.9 Å². The Kier molecular flexibility index (Phi) is 3.94. The summed E-state index contributed by atoms with van der Waals surface area (Å²) >= 11 is 1.82. The molecule has 3 nitrogen and oxygen atoms in total. The summed E-state index contributed by atoms with van der Waals surface area (Å²) in [5.74, 6) is 1.09. The predicted molar refractivity (Wildman–Crippen MR) is 89.0 cm³/mol. The average Bonchev–Trinajstić information content (AvgIpc) is 2.46. The van der Waals surface area contributed by atoms with E-state index in [0.29, 0.717) is 17.9 Å². The fraction of sp³-hybridized carbons (Fsp3) is 0.133. The zero-order chi connectivity index (χ0) is 14.1. The van der Waals surface area contributed by atoms with Crippen molar-refractivity contribution in [2.45, 2.75) is 12.3 Å². The first kappa shape index (κ1) is 13.8. The first-order valence-electron chi connectivity index (χ1n) is 6.16. The second kappa shape index (κ2) is 5.70. The van der Waals surface area contributed by atoms with Crippen LogP contribution in [0.1, 0.15) is 23.5 Å². The van der Waals surface area contributed by atoms with Crippen LogP contribution in [0.3, 0.4) is 0 Å². The highest BCUT2D eigenvalue weighted by molar-refractivity contribution is 14.1. The fourth-order valence-corrected chi connectivity index (χ4v) is 3.29. The quantitative estimate of drug-likeness (QED) is 0.337. The number of carbonyl (C=O) groups excluding carboxylic acids is 1. The van der Waals surface area contributed by atoms with E-state index in [9.17, 15) is 4.79 Å². The summed E-state index contributed by atoms with van der Waals surface area (Å²) in [6.07, 6.45) is 0.364. The Morgan fingerprint density at radius 2 is 2.00 bits per heavy atom. The number of fused-ring (bicyclic) bond motifs is 1. The number of ether oxygens (including phenoxy) is 1. The highest BCUT2D eigenvalue weighted by Gasteiger charge is 2.30. The van der Waals surface area contributed by atoms with Gasteiger partial charge in [0.15, 0.2) is 23.0 Å². The minimum atomic E-state index is -0.207. The highest BCUT2D eigenvalue weighted by Crippen LogP contribution is 2.40. The molecular weight excluding hydrogens is 386 g/mol. The van der Waals surface area contributed by atoms with Gasteiger partial charge in [0.25, 0.3) is 0 Å². The van der Waals surface area contributed by atoms with Crippen molar-refractivity contribution in [3.63, 3.8) is 0 Å². The zero-order valence-corrected chi connectivity index (χ0v) is 13.8. The van der Waals surface area contributed by atoms with Gasteiger partial charge in [0.2, 0.25) is 0 Å². The van der Waals surface area contributed by atoms with Gasteiger partial charge in [0.05, 0.1) is 6.42 Å². The molecule has 0 amide bonds. The van der Waals surface area contributed by atoms with Crippen LogP contribution < -0.4 is 13.1 Å². The number of hydrogen-bond donors (Lipinski definition) is 0. The third-order valence-corrected chi connectivity index (χ3v) is 4.37. The second-order valence-electron chi connectivity index (χ2n) is 4.64. The van der Waals surface area contributed by atoms with E-state index in [1.54, 1.807) is 6.07 Å². The van der Waals surface area contributed by atoms with Gasteiger partial charge in [0.1, 0.15) is 11.5 Å². The van der Waals surface area contributed by atoms with Crippen LogP contribution in [0.5, 0.6) is 11.5 Å². The lowest BCUT2D eigenvalue weighted by molar-refractivity contribution is -0.135. The van der Waals surface area contributed by atoms with E-state index in [2.05, 4.69) is 9.24 Å². The molecule has 1 aliphatic rings. The van der Waals surface area contributed by atoms with Gasteiger partial charge in [-0.2, -0.15) is 0 Å². The van der Waals surface area contributed by atoms with Crippen molar-refractivity contribution >= 4 is 43.5 Å². The summed E-state index contributed by atoms with van der Waals surface area (Å²) in [7, 11) is 2.70. The second-order valence-corrected chi connectivity index (χ2v) is 5.71. The number of rotatable bonds is 2. The topological polar surface area (TPSA) is 35.5 Å². The largest absolute Gasteiger partial charge is 0.428 e. The van der Waals surface area contributed by atoms with E-state index in [1.807, 2.05) is 59.4 Å². The van der Waals surface area contributed by atoms with E-state index >= 15 is 0 Å². The monoisotopic (exact) mass is 398 g/mol. The maximum absolute atomic E-state index is 11.8. The third-order valence-electron chi connectivity index (χ3n) is 3.38.